The number of anilines is 1. The van der Waals surface area contributed by atoms with Gasteiger partial charge in [0.25, 0.3) is 0 Å². The van der Waals surface area contributed by atoms with Crippen molar-refractivity contribution in [2.45, 2.75) is 38.5 Å². The van der Waals surface area contributed by atoms with Crippen molar-refractivity contribution in [3.05, 3.63) is 42.0 Å². The van der Waals surface area contributed by atoms with Crippen LogP contribution in [0.1, 0.15) is 38.5 Å². The zero-order valence-corrected chi connectivity index (χ0v) is 12.2. The van der Waals surface area contributed by atoms with Crippen LogP contribution in [0.5, 0.6) is 0 Å². The van der Waals surface area contributed by atoms with Gasteiger partial charge in [0.15, 0.2) is 0 Å². The Morgan fingerprint density at radius 1 is 1.05 bits per heavy atom. The molecule has 2 rings (SSSR count). The van der Waals surface area contributed by atoms with Crippen LogP contribution >= 0.6 is 0 Å². The van der Waals surface area contributed by atoms with Gasteiger partial charge in [-0.3, -0.25) is 9.59 Å². The Kier molecular flexibility index (Phi) is 6.00. The summed E-state index contributed by atoms with van der Waals surface area (Å²) >= 11 is 0. The molecule has 1 aromatic rings. The molecule has 0 unspecified atom stereocenters. The molecule has 0 spiro atoms. The third-order valence-corrected chi connectivity index (χ3v) is 3.53. The molecule has 0 saturated carbocycles. The third kappa shape index (κ3) is 5.81. The highest BCUT2D eigenvalue weighted by Gasteiger charge is 2.10. The number of para-hydroxylation sites is 1. The summed E-state index contributed by atoms with van der Waals surface area (Å²) in [5, 5.41) is 5.51. The number of amides is 2. The van der Waals surface area contributed by atoms with Gasteiger partial charge in [-0.1, -0.05) is 29.8 Å². The van der Waals surface area contributed by atoms with Crippen LogP contribution in [0.15, 0.2) is 42.0 Å². The van der Waals surface area contributed by atoms with E-state index in [-0.39, 0.29) is 18.2 Å². The number of nitrogens with one attached hydrogen (secondary N) is 2. The van der Waals surface area contributed by atoms with Gasteiger partial charge in [0.05, 0.1) is 0 Å². The summed E-state index contributed by atoms with van der Waals surface area (Å²) in [6.07, 6.45) is 7.86. The second-order valence-corrected chi connectivity index (χ2v) is 5.30. The topological polar surface area (TPSA) is 58.2 Å². The average molecular weight is 286 g/mol. The molecule has 2 amide bonds. The van der Waals surface area contributed by atoms with E-state index in [1.807, 2.05) is 18.2 Å². The molecule has 1 aromatic carbocycles. The van der Waals surface area contributed by atoms with E-state index in [9.17, 15) is 9.59 Å². The second-order valence-electron chi connectivity index (χ2n) is 5.30. The number of rotatable bonds is 6. The molecule has 0 bridgehead atoms. The molecule has 1 aliphatic rings. The molecule has 1 aliphatic carbocycles. The fourth-order valence-corrected chi connectivity index (χ4v) is 2.43. The number of carbonyl (C=O) groups is 2. The van der Waals surface area contributed by atoms with Crippen LogP contribution < -0.4 is 10.6 Å². The predicted octanol–water partition coefficient (Wildman–Crippen LogP) is 3.02. The molecule has 0 heterocycles. The normalized spacial score (nSPS) is 14.2. The maximum Gasteiger partial charge on any atom is 0.233 e. The first-order valence-electron chi connectivity index (χ1n) is 7.53. The first-order chi connectivity index (χ1) is 10.2. The summed E-state index contributed by atoms with van der Waals surface area (Å²) in [6.45, 7) is 0.614. The maximum atomic E-state index is 11.7. The lowest BCUT2D eigenvalue weighted by Gasteiger charge is -2.12. The van der Waals surface area contributed by atoms with Gasteiger partial charge >= 0.3 is 0 Å². The molecule has 0 atom stereocenters. The number of allylic oxidation sites excluding steroid dienone is 1. The summed E-state index contributed by atoms with van der Waals surface area (Å²) in [4.78, 5) is 23.4. The van der Waals surface area contributed by atoms with Gasteiger partial charge in [-0.25, -0.2) is 0 Å². The summed E-state index contributed by atoms with van der Waals surface area (Å²) < 4.78 is 0. The molecular weight excluding hydrogens is 264 g/mol. The van der Waals surface area contributed by atoms with Crippen molar-refractivity contribution >= 4 is 17.5 Å². The summed E-state index contributed by atoms with van der Waals surface area (Å²) in [5.74, 6) is -0.504. The van der Waals surface area contributed by atoms with Gasteiger partial charge in [-0.05, 0) is 44.2 Å². The molecule has 21 heavy (non-hydrogen) atoms. The van der Waals surface area contributed by atoms with Crippen molar-refractivity contribution in [2.24, 2.45) is 0 Å². The fraction of sp³-hybridized carbons (Fsp3) is 0.412. The van der Waals surface area contributed by atoms with Crippen molar-refractivity contribution in [1.29, 1.82) is 0 Å². The van der Waals surface area contributed by atoms with Crippen LogP contribution in [0.2, 0.25) is 0 Å². The van der Waals surface area contributed by atoms with Crippen molar-refractivity contribution in [3.63, 3.8) is 0 Å². The molecule has 4 heteroatoms. The summed E-state index contributed by atoms with van der Waals surface area (Å²) in [7, 11) is 0. The first-order valence-corrected chi connectivity index (χ1v) is 7.53. The monoisotopic (exact) mass is 286 g/mol. The molecular formula is C17H22N2O2. The summed E-state index contributed by atoms with van der Waals surface area (Å²) in [6, 6.07) is 9.15. The Bertz CT molecular complexity index is 509. The van der Waals surface area contributed by atoms with E-state index < -0.39 is 0 Å². The van der Waals surface area contributed by atoms with Crippen molar-refractivity contribution in [2.75, 3.05) is 11.9 Å². The molecule has 0 aromatic heterocycles. The molecule has 0 fully saturated rings. The number of carbonyl (C=O) groups excluding carboxylic acids is 2. The molecule has 2 N–H and O–H groups in total. The molecule has 0 saturated heterocycles. The Hall–Kier alpha value is -2.10. The molecule has 112 valence electrons. The SMILES string of the molecule is O=C(CC(=O)Nc1ccccc1)NCCC1=CCCCC1. The molecule has 0 aliphatic heterocycles. The Morgan fingerprint density at radius 2 is 1.86 bits per heavy atom. The minimum atomic E-state index is -0.282. The third-order valence-electron chi connectivity index (χ3n) is 3.53. The summed E-state index contributed by atoms with van der Waals surface area (Å²) in [5.41, 5.74) is 2.14. The van der Waals surface area contributed by atoms with Gasteiger partial charge in [0, 0.05) is 12.2 Å². The number of hydrogen-bond donors (Lipinski definition) is 2. The van der Waals surface area contributed by atoms with E-state index in [0.29, 0.717) is 12.2 Å². The highest BCUT2D eigenvalue weighted by atomic mass is 16.2. The highest BCUT2D eigenvalue weighted by molar-refractivity contribution is 6.03. The van der Waals surface area contributed by atoms with Gasteiger partial charge in [0.1, 0.15) is 6.42 Å². The fourth-order valence-electron chi connectivity index (χ4n) is 2.43. The van der Waals surface area contributed by atoms with Crippen molar-refractivity contribution in [3.8, 4) is 0 Å². The van der Waals surface area contributed by atoms with E-state index in [1.165, 1.54) is 18.4 Å². The van der Waals surface area contributed by atoms with E-state index >= 15 is 0 Å². The predicted molar refractivity (Wildman–Crippen MR) is 83.9 cm³/mol. The van der Waals surface area contributed by atoms with Gasteiger partial charge < -0.3 is 10.6 Å². The van der Waals surface area contributed by atoms with Gasteiger partial charge in [-0.15, -0.1) is 0 Å². The minimum absolute atomic E-state index is 0.131. The number of hydrogen-bond acceptors (Lipinski definition) is 2. The standard InChI is InChI=1S/C17H22N2O2/c20-16(18-12-11-14-7-3-1-4-8-14)13-17(21)19-15-9-5-2-6-10-15/h2,5-7,9-10H,1,3-4,8,11-13H2,(H,18,20)(H,19,21). The first kappa shape index (κ1) is 15.3. The zero-order chi connectivity index (χ0) is 14.9. The van der Waals surface area contributed by atoms with Crippen LogP contribution in [0.3, 0.4) is 0 Å². The highest BCUT2D eigenvalue weighted by Crippen LogP contribution is 2.19. The molecule has 0 radical (unpaired) electrons. The number of benzene rings is 1. The average Bonchev–Trinajstić information content (AvgIpc) is 2.49. The largest absolute Gasteiger partial charge is 0.355 e. The Labute approximate surface area is 125 Å². The van der Waals surface area contributed by atoms with Crippen LogP contribution in [0.25, 0.3) is 0 Å². The Morgan fingerprint density at radius 3 is 2.57 bits per heavy atom. The van der Waals surface area contributed by atoms with E-state index in [2.05, 4.69) is 16.7 Å². The van der Waals surface area contributed by atoms with Crippen LogP contribution in [0.4, 0.5) is 5.69 Å². The quantitative estimate of drug-likeness (QED) is 0.624. The lowest BCUT2D eigenvalue weighted by molar-refractivity contribution is -0.126. The van der Waals surface area contributed by atoms with E-state index in [4.69, 9.17) is 0 Å². The second kappa shape index (κ2) is 8.25. The van der Waals surface area contributed by atoms with Gasteiger partial charge in [-0.2, -0.15) is 0 Å². The molecule has 4 nitrogen and oxygen atoms in total. The van der Waals surface area contributed by atoms with E-state index in [0.717, 1.165) is 19.3 Å². The maximum absolute atomic E-state index is 11.7. The van der Waals surface area contributed by atoms with Crippen LogP contribution in [0, 0.1) is 0 Å². The van der Waals surface area contributed by atoms with Crippen LogP contribution in [-0.2, 0) is 9.59 Å². The van der Waals surface area contributed by atoms with Gasteiger partial charge in [0.2, 0.25) is 11.8 Å². The lowest BCUT2D eigenvalue weighted by atomic mass is 9.97. The van der Waals surface area contributed by atoms with Crippen LogP contribution in [-0.4, -0.2) is 18.4 Å². The Balaban J connectivity index is 1.64. The van der Waals surface area contributed by atoms with Crippen molar-refractivity contribution in [1.82, 2.24) is 5.32 Å². The van der Waals surface area contributed by atoms with E-state index in [1.54, 1.807) is 12.1 Å². The zero-order valence-electron chi connectivity index (χ0n) is 12.2. The minimum Gasteiger partial charge on any atom is -0.355 e. The lowest BCUT2D eigenvalue weighted by Crippen LogP contribution is -2.29. The van der Waals surface area contributed by atoms with Crippen molar-refractivity contribution < 1.29 is 9.59 Å². The smallest absolute Gasteiger partial charge is 0.233 e.